The molecule has 0 N–H and O–H groups in total. The summed E-state index contributed by atoms with van der Waals surface area (Å²) in [4.78, 5) is 41.0. The highest BCUT2D eigenvalue weighted by atomic mass is 32.2. The number of ether oxygens (including phenoxy) is 2. The molecule has 0 aromatic carbocycles. The minimum Gasteiger partial charge on any atom is -0.466 e. The Bertz CT molecular complexity index is 751. The molecule has 0 bridgehead atoms. The summed E-state index contributed by atoms with van der Waals surface area (Å²) in [7, 11) is 4.05. The van der Waals surface area contributed by atoms with Crippen LogP contribution in [0.2, 0.25) is 0 Å². The minimum absolute atomic E-state index is 0. The molecule has 0 aromatic heterocycles. The summed E-state index contributed by atoms with van der Waals surface area (Å²) >= 11 is 1.41. The van der Waals surface area contributed by atoms with Crippen LogP contribution >= 0.6 is 11.8 Å². The maximum atomic E-state index is 12.9. The van der Waals surface area contributed by atoms with Gasteiger partial charge in [0.2, 0.25) is 0 Å². The Kier molecular flexibility index (Phi) is 42.8. The van der Waals surface area contributed by atoms with E-state index in [2.05, 4.69) is 43.1 Å². The van der Waals surface area contributed by atoms with E-state index in [0.29, 0.717) is 26.1 Å². The smallest absolute Gasteiger partial charge is 0.306 e. The van der Waals surface area contributed by atoms with Gasteiger partial charge in [0.1, 0.15) is 0 Å². The van der Waals surface area contributed by atoms with Crippen molar-refractivity contribution in [2.75, 3.05) is 52.7 Å². The van der Waals surface area contributed by atoms with Gasteiger partial charge in [-0.1, -0.05) is 116 Å². The van der Waals surface area contributed by atoms with Crippen molar-refractivity contribution in [2.24, 2.45) is 0 Å². The summed E-state index contributed by atoms with van der Waals surface area (Å²) in [6.07, 6.45) is 31.0. The molecule has 0 rings (SSSR count). The lowest BCUT2D eigenvalue weighted by Gasteiger charge is -2.22. The molecule has 0 saturated heterocycles. The fourth-order valence-electron chi connectivity index (χ4n) is 4.99. The summed E-state index contributed by atoms with van der Waals surface area (Å²) in [5.41, 5.74) is 0. The maximum absolute atomic E-state index is 12.9. The fourth-order valence-corrected chi connectivity index (χ4v) is 5.98. The number of thioether (sulfide) groups is 1. The molecule has 0 aliphatic heterocycles. The molecular formula is C41H80N2O5S. The number of rotatable bonds is 33. The number of carbonyl (C=O) groups is 3. The minimum atomic E-state index is -0.110. The molecule has 0 saturated carbocycles. The predicted octanol–water partition coefficient (Wildman–Crippen LogP) is 11.8. The van der Waals surface area contributed by atoms with Crippen LogP contribution in [0, 0.1) is 0 Å². The molecule has 8 heteroatoms. The molecule has 0 heterocycles. The van der Waals surface area contributed by atoms with Gasteiger partial charge in [-0.15, -0.1) is 0 Å². The van der Waals surface area contributed by atoms with Gasteiger partial charge in [0.25, 0.3) is 5.24 Å². The van der Waals surface area contributed by atoms with Crippen molar-refractivity contribution >= 4 is 28.9 Å². The number of amides is 1. The molecule has 0 atom stereocenters. The molecule has 290 valence electrons. The number of carbonyl (C=O) groups excluding carboxylic acids is 3. The van der Waals surface area contributed by atoms with Crippen LogP contribution in [0.5, 0.6) is 0 Å². The van der Waals surface area contributed by atoms with E-state index in [1.807, 2.05) is 19.0 Å². The Morgan fingerprint density at radius 1 is 0.531 bits per heavy atom. The Morgan fingerprint density at radius 3 is 1.37 bits per heavy atom. The average Bonchev–Trinajstić information content (AvgIpc) is 3.05. The Labute approximate surface area is 308 Å². The first-order valence-corrected chi connectivity index (χ1v) is 20.1. The van der Waals surface area contributed by atoms with Crippen molar-refractivity contribution in [1.82, 2.24) is 9.80 Å². The summed E-state index contributed by atoms with van der Waals surface area (Å²) in [6.45, 7) is 7.82. The van der Waals surface area contributed by atoms with E-state index < -0.39 is 0 Å². The van der Waals surface area contributed by atoms with Crippen LogP contribution in [-0.4, -0.2) is 79.7 Å². The standard InChI is InChI=1S/C39H72N2O5S.2CH4/c1-5-7-9-11-13-15-17-23-29-37(42)45-34-27-21-19-25-31-41(39(44)47-36-33-40(3)4)32-26-20-22-28-35-46-38(43)30-24-18-16-14-12-10-8-6-2;;/h15-18H,5-14,19-36H2,1-4H3;2*1H4/b17-15-,18-16-;;. The number of esters is 2. The van der Waals surface area contributed by atoms with Gasteiger partial charge in [0.05, 0.1) is 13.2 Å². The first-order chi connectivity index (χ1) is 22.9. The monoisotopic (exact) mass is 713 g/mol. The van der Waals surface area contributed by atoms with Gasteiger partial charge in [0, 0.05) is 38.2 Å². The topological polar surface area (TPSA) is 76.1 Å². The Morgan fingerprint density at radius 2 is 0.939 bits per heavy atom. The number of unbranched alkanes of at least 4 members (excludes halogenated alkanes) is 14. The third-order valence-electron chi connectivity index (χ3n) is 8.01. The average molecular weight is 713 g/mol. The van der Waals surface area contributed by atoms with Gasteiger partial charge in [-0.3, -0.25) is 14.4 Å². The first kappa shape index (κ1) is 51.6. The number of hydrogen-bond donors (Lipinski definition) is 0. The van der Waals surface area contributed by atoms with Crippen LogP contribution in [0.25, 0.3) is 0 Å². The van der Waals surface area contributed by atoms with Gasteiger partial charge in [-0.2, -0.15) is 0 Å². The van der Waals surface area contributed by atoms with Gasteiger partial charge in [-0.25, -0.2) is 0 Å². The number of hydrogen-bond acceptors (Lipinski definition) is 7. The van der Waals surface area contributed by atoms with Gasteiger partial charge < -0.3 is 19.3 Å². The molecule has 7 nitrogen and oxygen atoms in total. The first-order valence-electron chi connectivity index (χ1n) is 19.1. The lowest BCUT2D eigenvalue weighted by Crippen LogP contribution is -2.30. The molecule has 0 aliphatic carbocycles. The lowest BCUT2D eigenvalue weighted by molar-refractivity contribution is -0.144. The van der Waals surface area contributed by atoms with Crippen LogP contribution in [0.3, 0.4) is 0 Å². The molecule has 0 aromatic rings. The normalized spacial score (nSPS) is 11.1. The van der Waals surface area contributed by atoms with Crippen LogP contribution < -0.4 is 0 Å². The molecule has 0 fully saturated rings. The SMILES string of the molecule is C.C.CCCCCC/C=C\CCC(=O)OCCCCCCN(CCCCCCOC(=O)CC/C=C\CCCCCC)C(=O)SCCN(C)C. The highest BCUT2D eigenvalue weighted by Crippen LogP contribution is 2.14. The van der Waals surface area contributed by atoms with E-state index in [4.69, 9.17) is 9.47 Å². The van der Waals surface area contributed by atoms with Crippen LogP contribution in [0.15, 0.2) is 24.3 Å². The summed E-state index contributed by atoms with van der Waals surface area (Å²) < 4.78 is 10.8. The molecule has 0 aliphatic rings. The van der Waals surface area contributed by atoms with Gasteiger partial charge in [-0.05, 0) is 91.1 Å². The van der Waals surface area contributed by atoms with Crippen molar-refractivity contribution < 1.29 is 23.9 Å². The van der Waals surface area contributed by atoms with Crippen LogP contribution in [-0.2, 0) is 19.1 Å². The quantitative estimate of drug-likeness (QED) is 0.0381. The van der Waals surface area contributed by atoms with E-state index in [0.717, 1.165) is 102 Å². The fraction of sp³-hybridized carbons (Fsp3) is 0.829. The molecule has 0 unspecified atom stereocenters. The molecule has 0 spiro atoms. The molecule has 0 radical (unpaired) electrons. The van der Waals surface area contributed by atoms with E-state index in [1.165, 1.54) is 63.1 Å². The van der Waals surface area contributed by atoms with Crippen LogP contribution in [0.4, 0.5) is 4.79 Å². The van der Waals surface area contributed by atoms with Crippen molar-refractivity contribution in [3.8, 4) is 0 Å². The van der Waals surface area contributed by atoms with E-state index in [1.54, 1.807) is 0 Å². The van der Waals surface area contributed by atoms with Crippen molar-refractivity contribution in [3.63, 3.8) is 0 Å². The van der Waals surface area contributed by atoms with Gasteiger partial charge >= 0.3 is 11.9 Å². The third kappa shape index (κ3) is 38.9. The Hall–Kier alpha value is -1.80. The largest absolute Gasteiger partial charge is 0.466 e. The second kappa shape index (κ2) is 40.6. The second-order valence-corrected chi connectivity index (χ2v) is 13.9. The zero-order valence-electron chi connectivity index (χ0n) is 31.0. The summed E-state index contributed by atoms with van der Waals surface area (Å²) in [5, 5.41) is 0.166. The van der Waals surface area contributed by atoms with Crippen LogP contribution in [0.1, 0.15) is 170 Å². The zero-order valence-corrected chi connectivity index (χ0v) is 31.8. The third-order valence-corrected chi connectivity index (χ3v) is 8.90. The number of allylic oxidation sites excluding steroid dienone is 4. The molecule has 49 heavy (non-hydrogen) atoms. The molecular weight excluding hydrogens is 633 g/mol. The lowest BCUT2D eigenvalue weighted by atomic mass is 10.1. The Balaban J connectivity index is -0.0000106. The summed E-state index contributed by atoms with van der Waals surface area (Å²) in [6, 6.07) is 0. The number of nitrogens with zero attached hydrogens (tertiary/aromatic N) is 2. The van der Waals surface area contributed by atoms with E-state index in [9.17, 15) is 14.4 Å². The van der Waals surface area contributed by atoms with Crippen molar-refractivity contribution in [3.05, 3.63) is 24.3 Å². The predicted molar refractivity (Wildman–Crippen MR) is 215 cm³/mol. The molecule has 1 amide bonds. The zero-order chi connectivity index (χ0) is 34.6. The van der Waals surface area contributed by atoms with E-state index >= 15 is 0 Å². The van der Waals surface area contributed by atoms with Gasteiger partial charge in [0.15, 0.2) is 0 Å². The van der Waals surface area contributed by atoms with Crippen molar-refractivity contribution in [1.29, 1.82) is 0 Å². The second-order valence-electron chi connectivity index (χ2n) is 12.9. The summed E-state index contributed by atoms with van der Waals surface area (Å²) in [5.74, 6) is 0.575. The maximum Gasteiger partial charge on any atom is 0.306 e. The highest BCUT2D eigenvalue weighted by molar-refractivity contribution is 8.13. The van der Waals surface area contributed by atoms with E-state index in [-0.39, 0.29) is 32.0 Å². The highest BCUT2D eigenvalue weighted by Gasteiger charge is 2.14. The van der Waals surface area contributed by atoms with Crippen molar-refractivity contribution in [2.45, 2.75) is 170 Å².